The van der Waals surface area contributed by atoms with Crippen LogP contribution in [0.25, 0.3) is 0 Å². The van der Waals surface area contributed by atoms with Crippen LogP contribution in [-0.2, 0) is 13.0 Å². The topological polar surface area (TPSA) is 64.1 Å². The van der Waals surface area contributed by atoms with Gasteiger partial charge in [-0.25, -0.2) is 0 Å². The summed E-state index contributed by atoms with van der Waals surface area (Å²) in [5.74, 6) is 1.47. The summed E-state index contributed by atoms with van der Waals surface area (Å²) in [6.45, 7) is 2.52. The molecule has 2 heterocycles. The highest BCUT2D eigenvalue weighted by atomic mass is 16.4. The summed E-state index contributed by atoms with van der Waals surface area (Å²) >= 11 is 0. The van der Waals surface area contributed by atoms with E-state index in [1.165, 1.54) is 0 Å². The zero-order valence-electron chi connectivity index (χ0n) is 7.86. The Labute approximate surface area is 81.1 Å². The first-order chi connectivity index (χ1) is 6.88. The molecule has 5 nitrogen and oxygen atoms in total. The van der Waals surface area contributed by atoms with E-state index in [9.17, 15) is 0 Å². The van der Waals surface area contributed by atoms with Crippen molar-refractivity contribution in [2.75, 3.05) is 5.32 Å². The van der Waals surface area contributed by atoms with Crippen molar-refractivity contribution >= 4 is 6.01 Å². The van der Waals surface area contributed by atoms with Gasteiger partial charge in [0.05, 0.1) is 12.8 Å². The Morgan fingerprint density at radius 3 is 3.00 bits per heavy atom. The molecule has 0 spiro atoms. The summed E-state index contributed by atoms with van der Waals surface area (Å²) in [5, 5.41) is 10.6. The molecule has 0 aliphatic heterocycles. The Morgan fingerprint density at radius 1 is 1.43 bits per heavy atom. The number of furan rings is 1. The standard InChI is InChI=1S/C9H11N3O2/c1-2-8-11-12-9(14-8)10-6-7-4-3-5-13-7/h3-5H,2,6H2,1H3,(H,10,12). The zero-order chi connectivity index (χ0) is 9.80. The maximum absolute atomic E-state index is 5.26. The van der Waals surface area contributed by atoms with E-state index in [1.807, 2.05) is 19.1 Å². The van der Waals surface area contributed by atoms with Crippen molar-refractivity contribution in [1.82, 2.24) is 10.2 Å². The Balaban J connectivity index is 1.92. The molecule has 2 rings (SSSR count). The average molecular weight is 193 g/mol. The lowest BCUT2D eigenvalue weighted by Gasteiger charge is -1.95. The van der Waals surface area contributed by atoms with Gasteiger partial charge in [0.25, 0.3) is 0 Å². The number of aromatic nitrogens is 2. The third kappa shape index (κ3) is 1.93. The molecule has 0 bridgehead atoms. The second kappa shape index (κ2) is 3.95. The van der Waals surface area contributed by atoms with Gasteiger partial charge < -0.3 is 14.2 Å². The van der Waals surface area contributed by atoms with E-state index in [2.05, 4.69) is 15.5 Å². The van der Waals surface area contributed by atoms with E-state index in [1.54, 1.807) is 6.26 Å². The van der Waals surface area contributed by atoms with Crippen molar-refractivity contribution in [3.63, 3.8) is 0 Å². The molecule has 0 unspecified atom stereocenters. The Morgan fingerprint density at radius 2 is 2.36 bits per heavy atom. The summed E-state index contributed by atoms with van der Waals surface area (Å²) < 4.78 is 10.4. The summed E-state index contributed by atoms with van der Waals surface area (Å²) in [6.07, 6.45) is 2.37. The van der Waals surface area contributed by atoms with Gasteiger partial charge in [-0.2, -0.15) is 0 Å². The zero-order valence-corrected chi connectivity index (χ0v) is 7.86. The van der Waals surface area contributed by atoms with Crippen LogP contribution in [0.2, 0.25) is 0 Å². The normalized spacial score (nSPS) is 10.4. The number of aryl methyl sites for hydroxylation is 1. The molecule has 0 atom stereocenters. The third-order valence-electron chi connectivity index (χ3n) is 1.76. The van der Waals surface area contributed by atoms with Gasteiger partial charge >= 0.3 is 6.01 Å². The van der Waals surface area contributed by atoms with Gasteiger partial charge in [0.2, 0.25) is 5.89 Å². The smallest absolute Gasteiger partial charge is 0.315 e. The van der Waals surface area contributed by atoms with Gasteiger partial charge in [0, 0.05) is 6.42 Å². The molecule has 5 heteroatoms. The quantitative estimate of drug-likeness (QED) is 0.802. The minimum atomic E-state index is 0.429. The SMILES string of the molecule is CCc1nnc(NCc2ccco2)o1. The van der Waals surface area contributed by atoms with Gasteiger partial charge in [-0.05, 0) is 12.1 Å². The molecule has 2 aromatic rings. The third-order valence-corrected chi connectivity index (χ3v) is 1.76. The van der Waals surface area contributed by atoms with Crippen LogP contribution in [0.1, 0.15) is 18.6 Å². The second-order valence-corrected chi connectivity index (χ2v) is 2.79. The van der Waals surface area contributed by atoms with Crippen molar-refractivity contribution in [2.45, 2.75) is 19.9 Å². The predicted molar refractivity (Wildman–Crippen MR) is 49.7 cm³/mol. The lowest BCUT2D eigenvalue weighted by atomic mass is 10.4. The molecule has 0 saturated heterocycles. The molecule has 0 aliphatic rings. The number of nitrogens with one attached hydrogen (secondary N) is 1. The fourth-order valence-electron chi connectivity index (χ4n) is 1.04. The highest BCUT2D eigenvalue weighted by molar-refractivity contribution is 5.18. The summed E-state index contributed by atoms with van der Waals surface area (Å²) in [7, 11) is 0. The first-order valence-corrected chi connectivity index (χ1v) is 4.47. The number of hydrogen-bond donors (Lipinski definition) is 1. The number of nitrogens with zero attached hydrogens (tertiary/aromatic N) is 2. The fourth-order valence-corrected chi connectivity index (χ4v) is 1.04. The van der Waals surface area contributed by atoms with Crippen molar-refractivity contribution in [3.05, 3.63) is 30.0 Å². The van der Waals surface area contributed by atoms with E-state index in [0.29, 0.717) is 18.5 Å². The van der Waals surface area contributed by atoms with Crippen molar-refractivity contribution in [2.24, 2.45) is 0 Å². The minimum Gasteiger partial charge on any atom is -0.467 e. The van der Waals surface area contributed by atoms with Gasteiger partial charge in [0.1, 0.15) is 5.76 Å². The summed E-state index contributed by atoms with van der Waals surface area (Å²) in [5.41, 5.74) is 0. The van der Waals surface area contributed by atoms with Gasteiger partial charge in [0.15, 0.2) is 0 Å². The highest BCUT2D eigenvalue weighted by Gasteiger charge is 2.03. The lowest BCUT2D eigenvalue weighted by molar-refractivity contribution is 0.495. The molecular weight excluding hydrogens is 182 g/mol. The van der Waals surface area contributed by atoms with E-state index in [-0.39, 0.29) is 0 Å². The maximum Gasteiger partial charge on any atom is 0.315 e. The Hall–Kier alpha value is -1.78. The van der Waals surface area contributed by atoms with Crippen LogP contribution in [0.4, 0.5) is 6.01 Å². The monoisotopic (exact) mass is 193 g/mol. The Bertz CT molecular complexity index is 380. The van der Waals surface area contributed by atoms with Crippen LogP contribution in [0.5, 0.6) is 0 Å². The Kier molecular flexibility index (Phi) is 2.48. The van der Waals surface area contributed by atoms with Gasteiger partial charge in [-0.15, -0.1) is 5.10 Å². The van der Waals surface area contributed by atoms with Crippen LogP contribution in [0.3, 0.4) is 0 Å². The maximum atomic E-state index is 5.26. The molecule has 14 heavy (non-hydrogen) atoms. The molecule has 0 amide bonds. The van der Waals surface area contributed by atoms with E-state index >= 15 is 0 Å². The summed E-state index contributed by atoms with van der Waals surface area (Å²) in [6, 6.07) is 4.14. The molecule has 74 valence electrons. The second-order valence-electron chi connectivity index (χ2n) is 2.79. The fraction of sp³-hybridized carbons (Fsp3) is 0.333. The number of rotatable bonds is 4. The lowest BCUT2D eigenvalue weighted by Crippen LogP contribution is -1.97. The predicted octanol–water partition coefficient (Wildman–Crippen LogP) is 1.84. The van der Waals surface area contributed by atoms with Crippen LogP contribution in [0.15, 0.2) is 27.2 Å². The first kappa shape index (κ1) is 8.80. The van der Waals surface area contributed by atoms with E-state index < -0.39 is 0 Å². The van der Waals surface area contributed by atoms with Crippen LogP contribution >= 0.6 is 0 Å². The number of hydrogen-bond acceptors (Lipinski definition) is 5. The molecule has 0 aliphatic carbocycles. The highest BCUT2D eigenvalue weighted by Crippen LogP contribution is 2.08. The van der Waals surface area contributed by atoms with E-state index in [0.717, 1.165) is 12.2 Å². The van der Waals surface area contributed by atoms with Crippen molar-refractivity contribution in [3.8, 4) is 0 Å². The molecule has 0 radical (unpaired) electrons. The summed E-state index contributed by atoms with van der Waals surface area (Å²) in [4.78, 5) is 0. The van der Waals surface area contributed by atoms with Crippen LogP contribution in [0, 0.1) is 0 Å². The molecule has 0 fully saturated rings. The average Bonchev–Trinajstić information content (AvgIpc) is 2.86. The van der Waals surface area contributed by atoms with Gasteiger partial charge in [-0.1, -0.05) is 12.0 Å². The van der Waals surface area contributed by atoms with Crippen LogP contribution < -0.4 is 5.32 Å². The largest absolute Gasteiger partial charge is 0.467 e. The molecule has 2 aromatic heterocycles. The van der Waals surface area contributed by atoms with Crippen molar-refractivity contribution in [1.29, 1.82) is 0 Å². The first-order valence-electron chi connectivity index (χ1n) is 4.47. The van der Waals surface area contributed by atoms with E-state index in [4.69, 9.17) is 8.83 Å². The number of anilines is 1. The molecular formula is C9H11N3O2. The molecule has 0 saturated carbocycles. The van der Waals surface area contributed by atoms with Crippen LogP contribution in [-0.4, -0.2) is 10.2 Å². The van der Waals surface area contributed by atoms with Gasteiger partial charge in [-0.3, -0.25) is 0 Å². The molecule has 0 aromatic carbocycles. The van der Waals surface area contributed by atoms with Crippen molar-refractivity contribution < 1.29 is 8.83 Å². The molecule has 1 N–H and O–H groups in total. The minimum absolute atomic E-state index is 0.429.